The lowest BCUT2D eigenvalue weighted by atomic mass is 9.65. The van der Waals surface area contributed by atoms with E-state index in [-0.39, 0.29) is 5.41 Å². The minimum Gasteiger partial charge on any atom is -0.255 e. The van der Waals surface area contributed by atoms with Crippen LogP contribution in [0.5, 0.6) is 0 Å². The summed E-state index contributed by atoms with van der Waals surface area (Å²) in [6.07, 6.45) is 9.49. The average Bonchev–Trinajstić information content (AvgIpc) is 3.11. The van der Waals surface area contributed by atoms with Crippen LogP contribution < -0.4 is 0 Å². The first-order valence-corrected chi connectivity index (χ1v) is 16.5. The average molecular weight is 609 g/mol. The Bertz CT molecular complexity index is 2320. The molecular weight excluding hydrogens is 573 g/mol. The highest BCUT2D eigenvalue weighted by molar-refractivity contribution is 6.05. The molecule has 0 fully saturated rings. The van der Waals surface area contributed by atoms with Gasteiger partial charge in [-0.1, -0.05) is 73.5 Å². The van der Waals surface area contributed by atoms with Crippen LogP contribution in [-0.2, 0) is 5.41 Å². The van der Waals surface area contributed by atoms with Crippen LogP contribution in [0, 0.1) is 13.8 Å². The van der Waals surface area contributed by atoms with Crippen molar-refractivity contribution in [3.63, 3.8) is 0 Å². The molecule has 4 heterocycles. The second-order valence-corrected chi connectivity index (χ2v) is 12.8. The molecule has 8 rings (SSSR count). The van der Waals surface area contributed by atoms with Crippen molar-refractivity contribution in [1.82, 2.24) is 19.9 Å². The normalized spacial score (nSPS) is 12.0. The number of pyridine rings is 4. The first-order chi connectivity index (χ1) is 23.0. The van der Waals surface area contributed by atoms with Gasteiger partial charge < -0.3 is 0 Å². The fourth-order valence-corrected chi connectivity index (χ4v) is 7.74. The molecule has 228 valence electrons. The van der Waals surface area contributed by atoms with Gasteiger partial charge in [0, 0.05) is 51.7 Å². The lowest BCUT2D eigenvalue weighted by Crippen LogP contribution is -2.28. The van der Waals surface area contributed by atoms with Crippen LogP contribution in [0.1, 0.15) is 48.9 Å². The summed E-state index contributed by atoms with van der Waals surface area (Å²) < 4.78 is 0. The lowest BCUT2D eigenvalue weighted by Gasteiger charge is -2.37. The summed E-state index contributed by atoms with van der Waals surface area (Å²) in [6, 6.07) is 35.3. The van der Waals surface area contributed by atoms with Crippen LogP contribution in [0.3, 0.4) is 0 Å². The van der Waals surface area contributed by atoms with Crippen molar-refractivity contribution >= 4 is 43.6 Å². The van der Waals surface area contributed by atoms with Crippen LogP contribution in [0.2, 0.25) is 0 Å². The van der Waals surface area contributed by atoms with Crippen molar-refractivity contribution in [3.8, 4) is 22.3 Å². The lowest BCUT2D eigenvalue weighted by molar-refractivity contribution is 0.480. The summed E-state index contributed by atoms with van der Waals surface area (Å²) in [5.74, 6) is 0. The van der Waals surface area contributed by atoms with E-state index in [4.69, 9.17) is 19.9 Å². The van der Waals surface area contributed by atoms with Gasteiger partial charge >= 0.3 is 0 Å². The molecule has 47 heavy (non-hydrogen) atoms. The maximum Gasteiger partial charge on any atom is 0.0811 e. The summed E-state index contributed by atoms with van der Waals surface area (Å²) in [5.41, 5.74) is 13.7. The standard InChI is InChI=1S/C43H36N4/c1-5-43(6-2,33-21-27(3)20-28(4)22-33)40-34(29-14-16-36-38(23-29)46-25-31-10-8-18-44-41(31)36)12-7-13-35(40)30-15-17-37-39(24-30)47-26-32-11-9-19-45-42(32)37/h7-26H,5-6H2,1-4H3. The molecule has 0 aliphatic rings. The molecule has 0 N–H and O–H groups in total. The van der Waals surface area contributed by atoms with E-state index in [1.165, 1.54) is 33.4 Å². The van der Waals surface area contributed by atoms with Gasteiger partial charge in [-0.2, -0.15) is 0 Å². The van der Waals surface area contributed by atoms with E-state index in [2.05, 4.69) is 113 Å². The third-order valence-electron chi connectivity index (χ3n) is 10.0. The number of benzene rings is 4. The smallest absolute Gasteiger partial charge is 0.0811 e. The van der Waals surface area contributed by atoms with Gasteiger partial charge in [-0.05, 0) is 109 Å². The summed E-state index contributed by atoms with van der Waals surface area (Å²) in [7, 11) is 0. The Kier molecular flexibility index (Phi) is 7.02. The Balaban J connectivity index is 1.42. The van der Waals surface area contributed by atoms with Crippen LogP contribution in [-0.4, -0.2) is 19.9 Å². The fourth-order valence-electron chi connectivity index (χ4n) is 7.74. The Morgan fingerprint density at radius 3 is 1.53 bits per heavy atom. The molecule has 4 aromatic heterocycles. The number of hydrogen-bond acceptors (Lipinski definition) is 4. The van der Waals surface area contributed by atoms with Crippen molar-refractivity contribution in [3.05, 3.63) is 144 Å². The van der Waals surface area contributed by atoms with E-state index in [0.717, 1.165) is 67.6 Å². The van der Waals surface area contributed by atoms with Crippen LogP contribution in [0.15, 0.2) is 122 Å². The number of fused-ring (bicyclic) bond motifs is 6. The predicted octanol–water partition coefficient (Wildman–Crippen LogP) is 10.9. The highest BCUT2D eigenvalue weighted by Gasteiger charge is 2.36. The van der Waals surface area contributed by atoms with Gasteiger partial charge in [0.15, 0.2) is 0 Å². The molecule has 4 heteroatoms. The van der Waals surface area contributed by atoms with Crippen molar-refractivity contribution in [2.45, 2.75) is 46.0 Å². The third kappa shape index (κ3) is 4.75. The first-order valence-electron chi connectivity index (χ1n) is 16.5. The van der Waals surface area contributed by atoms with Crippen LogP contribution in [0.25, 0.3) is 65.9 Å². The molecule has 0 aliphatic carbocycles. The van der Waals surface area contributed by atoms with E-state index < -0.39 is 0 Å². The Morgan fingerprint density at radius 2 is 1.04 bits per heavy atom. The highest BCUT2D eigenvalue weighted by Crippen LogP contribution is 2.49. The first kappa shape index (κ1) is 29.0. The Morgan fingerprint density at radius 1 is 0.532 bits per heavy atom. The molecular formula is C43H36N4. The van der Waals surface area contributed by atoms with E-state index in [9.17, 15) is 0 Å². The van der Waals surface area contributed by atoms with Crippen molar-refractivity contribution in [1.29, 1.82) is 0 Å². The number of hydrogen-bond donors (Lipinski definition) is 0. The van der Waals surface area contributed by atoms with Gasteiger partial charge in [-0.15, -0.1) is 0 Å². The minimum absolute atomic E-state index is 0.233. The largest absolute Gasteiger partial charge is 0.255 e. The minimum atomic E-state index is -0.233. The van der Waals surface area contributed by atoms with Gasteiger partial charge in [0.2, 0.25) is 0 Å². The zero-order valence-electron chi connectivity index (χ0n) is 27.3. The Hall–Kier alpha value is -5.48. The molecule has 0 atom stereocenters. The maximum absolute atomic E-state index is 4.89. The molecule has 0 saturated heterocycles. The number of aryl methyl sites for hydroxylation is 2. The van der Waals surface area contributed by atoms with E-state index in [1.54, 1.807) is 0 Å². The number of nitrogens with zero attached hydrogens (tertiary/aromatic N) is 4. The van der Waals surface area contributed by atoms with Gasteiger partial charge in [-0.25, -0.2) is 0 Å². The zero-order chi connectivity index (χ0) is 32.1. The molecule has 0 spiro atoms. The number of aromatic nitrogens is 4. The van der Waals surface area contributed by atoms with Crippen molar-refractivity contribution in [2.24, 2.45) is 0 Å². The fraction of sp³-hybridized carbons (Fsp3) is 0.163. The zero-order valence-corrected chi connectivity index (χ0v) is 27.3. The molecule has 0 unspecified atom stereocenters. The maximum atomic E-state index is 4.89. The van der Waals surface area contributed by atoms with E-state index in [1.807, 2.05) is 36.9 Å². The second-order valence-electron chi connectivity index (χ2n) is 12.8. The Labute approximate surface area is 275 Å². The quantitative estimate of drug-likeness (QED) is 0.176. The third-order valence-corrected chi connectivity index (χ3v) is 10.0. The topological polar surface area (TPSA) is 51.6 Å². The molecule has 8 aromatic rings. The van der Waals surface area contributed by atoms with Gasteiger partial charge in [0.25, 0.3) is 0 Å². The molecule has 0 amide bonds. The van der Waals surface area contributed by atoms with Gasteiger partial charge in [0.1, 0.15) is 0 Å². The van der Waals surface area contributed by atoms with Gasteiger partial charge in [0.05, 0.1) is 22.1 Å². The predicted molar refractivity (Wildman–Crippen MR) is 196 cm³/mol. The number of rotatable bonds is 6. The summed E-state index contributed by atoms with van der Waals surface area (Å²) in [4.78, 5) is 19.2. The van der Waals surface area contributed by atoms with Gasteiger partial charge in [-0.3, -0.25) is 19.9 Å². The van der Waals surface area contributed by atoms with Crippen LogP contribution >= 0.6 is 0 Å². The molecule has 4 aromatic carbocycles. The van der Waals surface area contributed by atoms with E-state index >= 15 is 0 Å². The van der Waals surface area contributed by atoms with Crippen LogP contribution in [0.4, 0.5) is 0 Å². The molecule has 0 aliphatic heterocycles. The molecule has 0 radical (unpaired) electrons. The molecule has 0 saturated carbocycles. The van der Waals surface area contributed by atoms with Crippen molar-refractivity contribution in [2.75, 3.05) is 0 Å². The van der Waals surface area contributed by atoms with Crippen molar-refractivity contribution < 1.29 is 0 Å². The SMILES string of the molecule is CCC(CC)(c1cc(C)cc(C)c1)c1c(-c2ccc3c(c2)ncc2cccnc23)cccc1-c1ccc2c(c1)ncc1cccnc12. The highest BCUT2D eigenvalue weighted by atomic mass is 14.7. The monoisotopic (exact) mass is 608 g/mol. The van der Waals surface area contributed by atoms with E-state index in [0.29, 0.717) is 0 Å². The summed E-state index contributed by atoms with van der Waals surface area (Å²) in [6.45, 7) is 9.09. The summed E-state index contributed by atoms with van der Waals surface area (Å²) in [5, 5.41) is 4.23. The molecule has 0 bridgehead atoms. The second kappa shape index (κ2) is 11.4. The summed E-state index contributed by atoms with van der Waals surface area (Å²) >= 11 is 0. The molecule has 4 nitrogen and oxygen atoms in total.